The van der Waals surface area contributed by atoms with Crippen LogP contribution in [0.4, 0.5) is 10.8 Å². The molecule has 1 saturated heterocycles. The van der Waals surface area contributed by atoms with Crippen LogP contribution in [0, 0.1) is 5.92 Å². The van der Waals surface area contributed by atoms with E-state index < -0.39 is 0 Å². The Morgan fingerprint density at radius 2 is 2.05 bits per heavy atom. The highest BCUT2D eigenvalue weighted by Gasteiger charge is 2.28. The van der Waals surface area contributed by atoms with Gasteiger partial charge in [-0.15, -0.1) is 0 Å². The van der Waals surface area contributed by atoms with E-state index in [2.05, 4.69) is 9.69 Å². The van der Waals surface area contributed by atoms with Gasteiger partial charge in [0.25, 0.3) is 5.91 Å². The lowest BCUT2D eigenvalue weighted by Gasteiger charge is -2.31. The number of nitrogen functional groups attached to an aromatic ring is 1. The van der Waals surface area contributed by atoms with Gasteiger partial charge in [-0.3, -0.25) is 9.59 Å². The number of nitrogens with one attached hydrogen (secondary N) is 1. The van der Waals surface area contributed by atoms with Gasteiger partial charge in [-0.1, -0.05) is 0 Å². The van der Waals surface area contributed by atoms with Gasteiger partial charge in [0, 0.05) is 26.1 Å². The van der Waals surface area contributed by atoms with Crippen LogP contribution in [0.3, 0.4) is 0 Å². The second kappa shape index (κ2) is 5.43. The molecule has 1 aromatic heterocycles. The first-order valence-electron chi connectivity index (χ1n) is 6.06. The third kappa shape index (κ3) is 2.62. The van der Waals surface area contributed by atoms with E-state index in [1.165, 1.54) is 11.5 Å². The second-order valence-electron chi connectivity index (χ2n) is 4.49. The lowest BCUT2D eigenvalue weighted by Crippen LogP contribution is -2.39. The van der Waals surface area contributed by atoms with E-state index in [0.717, 1.165) is 5.00 Å². The number of nitrogens with two attached hydrogens (primary N) is 2. The zero-order valence-corrected chi connectivity index (χ0v) is 11.5. The number of carbonyl (C=O) groups is 2. The minimum atomic E-state index is -0.255. The molecule has 2 amide bonds. The summed E-state index contributed by atoms with van der Waals surface area (Å²) < 4.78 is 4.04. The second-order valence-corrected chi connectivity index (χ2v) is 5.24. The topological polar surface area (TPSA) is 114 Å². The monoisotopic (exact) mass is 283 g/mol. The van der Waals surface area contributed by atoms with Crippen LogP contribution in [0.25, 0.3) is 0 Å². The van der Waals surface area contributed by atoms with Crippen LogP contribution in [-0.2, 0) is 4.79 Å². The predicted octanol–water partition coefficient (Wildman–Crippen LogP) is -0.213. The average molecular weight is 283 g/mol. The molecule has 0 atom stereocenters. The van der Waals surface area contributed by atoms with Crippen molar-refractivity contribution in [3.05, 3.63) is 5.56 Å². The molecule has 2 heterocycles. The maximum atomic E-state index is 11.8. The number of hydrogen-bond donors (Lipinski definition) is 3. The van der Waals surface area contributed by atoms with Crippen molar-refractivity contribution in [2.45, 2.75) is 12.8 Å². The van der Waals surface area contributed by atoms with Crippen molar-refractivity contribution in [3.8, 4) is 0 Å². The Bertz CT molecular complexity index is 493. The Kier molecular flexibility index (Phi) is 3.89. The summed E-state index contributed by atoms with van der Waals surface area (Å²) in [7, 11) is 1.56. The van der Waals surface area contributed by atoms with Crippen molar-refractivity contribution >= 4 is 34.2 Å². The van der Waals surface area contributed by atoms with E-state index in [1.54, 1.807) is 7.05 Å². The first-order valence-corrected chi connectivity index (χ1v) is 6.83. The van der Waals surface area contributed by atoms with Crippen LogP contribution in [0.5, 0.6) is 0 Å². The summed E-state index contributed by atoms with van der Waals surface area (Å²) >= 11 is 1.21. The summed E-state index contributed by atoms with van der Waals surface area (Å²) in [4.78, 5) is 25.0. The van der Waals surface area contributed by atoms with Gasteiger partial charge in [-0.2, -0.15) is 4.37 Å². The number of piperidine rings is 1. The van der Waals surface area contributed by atoms with E-state index >= 15 is 0 Å². The number of aromatic nitrogens is 1. The fourth-order valence-corrected chi connectivity index (χ4v) is 3.08. The Hall–Kier alpha value is -1.83. The fraction of sp³-hybridized carbons (Fsp3) is 0.545. The standard InChI is InChI=1S/C11H17N5O2S/c1-14-10(18)7-8(12)15-19-11(7)16-4-2-6(3-5-16)9(13)17/h6H,2-5H2,1H3,(H2,12,15)(H2,13,17)(H,14,18). The molecule has 0 saturated carbocycles. The summed E-state index contributed by atoms with van der Waals surface area (Å²) in [6.07, 6.45) is 1.39. The first-order chi connectivity index (χ1) is 9.04. The summed E-state index contributed by atoms with van der Waals surface area (Å²) in [5.41, 5.74) is 11.5. The van der Waals surface area contributed by atoms with Gasteiger partial charge in [0.15, 0.2) is 5.82 Å². The molecule has 8 heteroatoms. The van der Waals surface area contributed by atoms with Gasteiger partial charge in [-0.25, -0.2) is 0 Å². The minimum absolute atomic E-state index is 0.0787. The molecule has 1 aliphatic heterocycles. The quantitative estimate of drug-likeness (QED) is 0.710. The molecule has 2 rings (SSSR count). The highest BCUT2D eigenvalue weighted by atomic mass is 32.1. The lowest BCUT2D eigenvalue weighted by molar-refractivity contribution is -0.122. The van der Waals surface area contributed by atoms with Crippen LogP contribution in [0.2, 0.25) is 0 Å². The number of anilines is 2. The number of amides is 2. The predicted molar refractivity (Wildman–Crippen MR) is 74.0 cm³/mol. The molecule has 0 radical (unpaired) electrons. The molecule has 1 fully saturated rings. The van der Waals surface area contributed by atoms with E-state index in [-0.39, 0.29) is 23.6 Å². The number of carbonyl (C=O) groups excluding carboxylic acids is 2. The van der Waals surface area contributed by atoms with E-state index in [1.807, 2.05) is 4.90 Å². The van der Waals surface area contributed by atoms with Crippen molar-refractivity contribution < 1.29 is 9.59 Å². The number of hydrogen-bond acceptors (Lipinski definition) is 6. The Morgan fingerprint density at radius 1 is 1.42 bits per heavy atom. The number of rotatable bonds is 3. The zero-order chi connectivity index (χ0) is 14.0. The van der Waals surface area contributed by atoms with Gasteiger partial charge in [0.05, 0.1) is 0 Å². The first kappa shape index (κ1) is 13.6. The van der Waals surface area contributed by atoms with Crippen LogP contribution in [0.1, 0.15) is 23.2 Å². The van der Waals surface area contributed by atoms with E-state index in [9.17, 15) is 9.59 Å². The van der Waals surface area contributed by atoms with Gasteiger partial charge in [0.2, 0.25) is 5.91 Å². The van der Waals surface area contributed by atoms with Gasteiger partial charge in [0.1, 0.15) is 10.6 Å². The van der Waals surface area contributed by atoms with Crippen molar-refractivity contribution in [1.82, 2.24) is 9.69 Å². The van der Waals surface area contributed by atoms with Crippen LogP contribution in [0.15, 0.2) is 0 Å². The smallest absolute Gasteiger partial charge is 0.257 e. The SMILES string of the molecule is CNC(=O)c1c(N)nsc1N1CCC(C(N)=O)CC1. The maximum Gasteiger partial charge on any atom is 0.257 e. The summed E-state index contributed by atoms with van der Waals surface area (Å²) in [5.74, 6) is -0.324. The summed E-state index contributed by atoms with van der Waals surface area (Å²) in [5, 5.41) is 3.33. The molecule has 1 aromatic rings. The van der Waals surface area contributed by atoms with Gasteiger partial charge in [-0.05, 0) is 24.4 Å². The molecule has 0 aromatic carbocycles. The molecule has 104 valence electrons. The molecule has 0 aliphatic carbocycles. The zero-order valence-electron chi connectivity index (χ0n) is 10.7. The van der Waals surface area contributed by atoms with E-state index in [0.29, 0.717) is 31.5 Å². The number of nitrogens with zero attached hydrogens (tertiary/aromatic N) is 2. The third-order valence-corrected chi connectivity index (χ3v) is 4.26. The third-order valence-electron chi connectivity index (χ3n) is 3.34. The van der Waals surface area contributed by atoms with Crippen molar-refractivity contribution in [2.24, 2.45) is 11.7 Å². The molecule has 5 N–H and O–H groups in total. The molecule has 0 bridgehead atoms. The molecular formula is C11H17N5O2S. The molecule has 1 aliphatic rings. The van der Waals surface area contributed by atoms with Crippen molar-refractivity contribution in [1.29, 1.82) is 0 Å². The Morgan fingerprint density at radius 3 is 2.58 bits per heavy atom. The molecule has 19 heavy (non-hydrogen) atoms. The molecule has 0 spiro atoms. The highest BCUT2D eigenvalue weighted by molar-refractivity contribution is 7.11. The maximum absolute atomic E-state index is 11.8. The van der Waals surface area contributed by atoms with Crippen LogP contribution >= 0.6 is 11.5 Å². The van der Waals surface area contributed by atoms with Gasteiger partial charge < -0.3 is 21.7 Å². The highest BCUT2D eigenvalue weighted by Crippen LogP contribution is 2.33. The average Bonchev–Trinajstić information content (AvgIpc) is 2.80. The molecule has 7 nitrogen and oxygen atoms in total. The van der Waals surface area contributed by atoms with Crippen molar-refractivity contribution in [3.63, 3.8) is 0 Å². The largest absolute Gasteiger partial charge is 0.382 e. The van der Waals surface area contributed by atoms with Crippen molar-refractivity contribution in [2.75, 3.05) is 30.8 Å². The summed E-state index contributed by atoms with van der Waals surface area (Å²) in [6, 6.07) is 0. The lowest BCUT2D eigenvalue weighted by atomic mass is 9.96. The molecule has 0 unspecified atom stereocenters. The minimum Gasteiger partial charge on any atom is -0.382 e. The Labute approximate surface area is 115 Å². The van der Waals surface area contributed by atoms with E-state index in [4.69, 9.17) is 11.5 Å². The van der Waals surface area contributed by atoms with Crippen LogP contribution < -0.4 is 21.7 Å². The normalized spacial score (nSPS) is 16.4. The summed E-state index contributed by atoms with van der Waals surface area (Å²) in [6.45, 7) is 1.36. The van der Waals surface area contributed by atoms with Gasteiger partial charge >= 0.3 is 0 Å². The number of primary amides is 1. The Balaban J connectivity index is 2.16. The van der Waals surface area contributed by atoms with Crippen LogP contribution in [-0.4, -0.2) is 36.3 Å². The fourth-order valence-electron chi connectivity index (χ4n) is 2.21. The molecular weight excluding hydrogens is 266 g/mol.